The number of carbonyl (C=O) groups excluding carboxylic acids is 2. The maximum Gasteiger partial charge on any atom is 0.222 e. The van der Waals surface area contributed by atoms with Crippen molar-refractivity contribution in [3.63, 3.8) is 0 Å². The van der Waals surface area contributed by atoms with E-state index in [1.807, 2.05) is 15.9 Å². The van der Waals surface area contributed by atoms with Crippen molar-refractivity contribution in [1.82, 2.24) is 9.80 Å². The average molecular weight is 330 g/mol. The van der Waals surface area contributed by atoms with Gasteiger partial charge in [-0.3, -0.25) is 9.59 Å². The van der Waals surface area contributed by atoms with Crippen molar-refractivity contribution in [1.29, 1.82) is 0 Å². The van der Waals surface area contributed by atoms with E-state index in [2.05, 4.69) is 39.0 Å². The van der Waals surface area contributed by atoms with Crippen molar-refractivity contribution >= 4 is 11.8 Å². The molecule has 132 valence electrons. The maximum absolute atomic E-state index is 12.5. The van der Waals surface area contributed by atoms with E-state index < -0.39 is 0 Å². The van der Waals surface area contributed by atoms with E-state index in [0.29, 0.717) is 31.8 Å². The SMILES string of the molecule is Cc1cccc(CCC(=O)N2CCCN(C(=O)CC(C)C)CC2)c1. The molecule has 1 aliphatic heterocycles. The van der Waals surface area contributed by atoms with Gasteiger partial charge in [0.25, 0.3) is 0 Å². The monoisotopic (exact) mass is 330 g/mol. The van der Waals surface area contributed by atoms with E-state index in [4.69, 9.17) is 0 Å². The van der Waals surface area contributed by atoms with Crippen LogP contribution < -0.4 is 0 Å². The van der Waals surface area contributed by atoms with Crippen LogP contribution in [-0.2, 0) is 16.0 Å². The fraction of sp³-hybridized carbons (Fsp3) is 0.600. The van der Waals surface area contributed by atoms with Gasteiger partial charge in [-0.15, -0.1) is 0 Å². The number of carbonyl (C=O) groups is 2. The van der Waals surface area contributed by atoms with Crippen LogP contribution in [0.2, 0.25) is 0 Å². The Labute approximate surface area is 145 Å². The predicted molar refractivity (Wildman–Crippen MR) is 96.7 cm³/mol. The lowest BCUT2D eigenvalue weighted by atomic mass is 10.1. The molecule has 0 unspecified atom stereocenters. The number of aryl methyl sites for hydroxylation is 2. The van der Waals surface area contributed by atoms with Crippen molar-refractivity contribution in [2.24, 2.45) is 5.92 Å². The molecule has 2 rings (SSSR count). The fourth-order valence-electron chi connectivity index (χ4n) is 3.17. The summed E-state index contributed by atoms with van der Waals surface area (Å²) in [5, 5.41) is 0. The van der Waals surface area contributed by atoms with Gasteiger partial charge in [0.05, 0.1) is 0 Å². The minimum absolute atomic E-state index is 0.203. The molecule has 0 N–H and O–H groups in total. The first-order valence-electron chi connectivity index (χ1n) is 9.07. The average Bonchev–Trinajstić information content (AvgIpc) is 2.78. The van der Waals surface area contributed by atoms with Gasteiger partial charge in [-0.05, 0) is 31.2 Å². The van der Waals surface area contributed by atoms with Gasteiger partial charge >= 0.3 is 0 Å². The number of hydrogen-bond donors (Lipinski definition) is 0. The second-order valence-corrected chi connectivity index (χ2v) is 7.20. The topological polar surface area (TPSA) is 40.6 Å². The third-order valence-electron chi connectivity index (χ3n) is 4.49. The second kappa shape index (κ2) is 8.86. The maximum atomic E-state index is 12.5. The highest BCUT2D eigenvalue weighted by Crippen LogP contribution is 2.12. The van der Waals surface area contributed by atoms with Gasteiger partial charge in [-0.2, -0.15) is 0 Å². The summed E-state index contributed by atoms with van der Waals surface area (Å²) in [4.78, 5) is 28.5. The Balaban J connectivity index is 1.82. The Hall–Kier alpha value is -1.84. The van der Waals surface area contributed by atoms with Gasteiger partial charge in [0.2, 0.25) is 11.8 Å². The molecular weight excluding hydrogens is 300 g/mol. The molecule has 0 spiro atoms. The highest BCUT2D eigenvalue weighted by Gasteiger charge is 2.22. The zero-order valence-corrected chi connectivity index (χ0v) is 15.3. The molecule has 0 aromatic heterocycles. The Morgan fingerprint density at radius 1 is 1.04 bits per heavy atom. The molecule has 0 aliphatic carbocycles. The van der Waals surface area contributed by atoms with Crippen LogP contribution in [0.25, 0.3) is 0 Å². The quantitative estimate of drug-likeness (QED) is 0.832. The molecule has 1 heterocycles. The van der Waals surface area contributed by atoms with Crippen LogP contribution in [0, 0.1) is 12.8 Å². The molecule has 0 atom stereocenters. The zero-order valence-electron chi connectivity index (χ0n) is 15.3. The van der Waals surface area contributed by atoms with Gasteiger partial charge in [-0.25, -0.2) is 0 Å². The van der Waals surface area contributed by atoms with Crippen molar-refractivity contribution in [3.8, 4) is 0 Å². The van der Waals surface area contributed by atoms with E-state index in [1.165, 1.54) is 11.1 Å². The minimum atomic E-state index is 0.203. The number of benzene rings is 1. The molecule has 2 amide bonds. The van der Waals surface area contributed by atoms with Crippen LogP contribution in [0.4, 0.5) is 0 Å². The van der Waals surface area contributed by atoms with E-state index in [9.17, 15) is 9.59 Å². The number of rotatable bonds is 5. The van der Waals surface area contributed by atoms with Gasteiger partial charge in [0, 0.05) is 39.0 Å². The molecule has 0 saturated carbocycles. The Kier molecular flexibility index (Phi) is 6.83. The molecule has 0 bridgehead atoms. The van der Waals surface area contributed by atoms with Crippen LogP contribution in [0.15, 0.2) is 24.3 Å². The summed E-state index contributed by atoms with van der Waals surface area (Å²) in [5.41, 5.74) is 2.45. The summed E-state index contributed by atoms with van der Waals surface area (Å²) >= 11 is 0. The minimum Gasteiger partial charge on any atom is -0.341 e. The van der Waals surface area contributed by atoms with Gasteiger partial charge < -0.3 is 9.80 Å². The summed E-state index contributed by atoms with van der Waals surface area (Å²) in [6, 6.07) is 8.33. The van der Waals surface area contributed by atoms with Crippen LogP contribution in [0.3, 0.4) is 0 Å². The van der Waals surface area contributed by atoms with Crippen molar-refractivity contribution in [2.45, 2.75) is 46.5 Å². The molecule has 4 heteroatoms. The predicted octanol–water partition coefficient (Wildman–Crippen LogP) is 3.03. The summed E-state index contributed by atoms with van der Waals surface area (Å²) in [6.45, 7) is 9.07. The van der Waals surface area contributed by atoms with Crippen molar-refractivity contribution in [2.75, 3.05) is 26.2 Å². The number of nitrogens with zero attached hydrogens (tertiary/aromatic N) is 2. The third kappa shape index (κ3) is 5.66. The second-order valence-electron chi connectivity index (χ2n) is 7.20. The highest BCUT2D eigenvalue weighted by atomic mass is 16.2. The largest absolute Gasteiger partial charge is 0.341 e. The lowest BCUT2D eigenvalue weighted by Crippen LogP contribution is -2.37. The van der Waals surface area contributed by atoms with Crippen LogP contribution in [0.5, 0.6) is 0 Å². The first kappa shape index (κ1) is 18.5. The standard InChI is InChI=1S/C20H30N2O2/c1-16(2)14-20(24)22-11-5-10-21(12-13-22)19(23)9-8-18-7-4-6-17(3)15-18/h4,6-7,15-16H,5,8-14H2,1-3H3. The summed E-state index contributed by atoms with van der Waals surface area (Å²) in [7, 11) is 0. The number of hydrogen-bond acceptors (Lipinski definition) is 2. The molecule has 1 saturated heterocycles. The van der Waals surface area contributed by atoms with Gasteiger partial charge in [0.15, 0.2) is 0 Å². The Morgan fingerprint density at radius 3 is 2.33 bits per heavy atom. The molecule has 0 radical (unpaired) electrons. The summed E-state index contributed by atoms with van der Waals surface area (Å²) < 4.78 is 0. The molecule has 4 nitrogen and oxygen atoms in total. The lowest BCUT2D eigenvalue weighted by Gasteiger charge is -2.23. The van der Waals surface area contributed by atoms with Crippen molar-refractivity contribution in [3.05, 3.63) is 35.4 Å². The van der Waals surface area contributed by atoms with Crippen LogP contribution in [0.1, 0.15) is 44.2 Å². The number of amides is 2. The Bertz CT molecular complexity index is 569. The molecule has 1 aromatic rings. The zero-order chi connectivity index (χ0) is 17.5. The van der Waals surface area contributed by atoms with Crippen LogP contribution >= 0.6 is 0 Å². The molecular formula is C20H30N2O2. The lowest BCUT2D eigenvalue weighted by molar-refractivity contribution is -0.134. The molecule has 24 heavy (non-hydrogen) atoms. The van der Waals surface area contributed by atoms with E-state index in [0.717, 1.165) is 25.9 Å². The van der Waals surface area contributed by atoms with E-state index >= 15 is 0 Å². The molecule has 1 fully saturated rings. The highest BCUT2D eigenvalue weighted by molar-refractivity contribution is 5.78. The normalized spacial score (nSPS) is 15.5. The van der Waals surface area contributed by atoms with Gasteiger partial charge in [0.1, 0.15) is 0 Å². The first-order chi connectivity index (χ1) is 11.5. The van der Waals surface area contributed by atoms with Crippen LogP contribution in [-0.4, -0.2) is 47.8 Å². The van der Waals surface area contributed by atoms with E-state index in [1.54, 1.807) is 0 Å². The molecule has 1 aliphatic rings. The Morgan fingerprint density at radius 2 is 1.71 bits per heavy atom. The smallest absolute Gasteiger partial charge is 0.222 e. The fourth-order valence-corrected chi connectivity index (χ4v) is 3.17. The third-order valence-corrected chi connectivity index (χ3v) is 4.49. The summed E-state index contributed by atoms with van der Waals surface area (Å²) in [6.07, 6.45) is 2.80. The molecule has 1 aromatic carbocycles. The van der Waals surface area contributed by atoms with Crippen molar-refractivity contribution < 1.29 is 9.59 Å². The van der Waals surface area contributed by atoms with Gasteiger partial charge in [-0.1, -0.05) is 43.7 Å². The summed E-state index contributed by atoms with van der Waals surface area (Å²) in [5.74, 6) is 0.807. The first-order valence-corrected chi connectivity index (χ1v) is 9.07. The van der Waals surface area contributed by atoms with E-state index in [-0.39, 0.29) is 11.8 Å².